The number of nitrogen functional groups attached to an aromatic ring is 1. The summed E-state index contributed by atoms with van der Waals surface area (Å²) in [7, 11) is -3.43. The number of nitrogens with two attached hydrogens (primary N) is 1. The highest BCUT2D eigenvalue weighted by molar-refractivity contribution is 7.91. The Bertz CT molecular complexity index is 504. The second-order valence-electron chi connectivity index (χ2n) is 4.95. The number of nitrogens with one attached hydrogen (secondary N) is 1. The Morgan fingerprint density at radius 1 is 1.50 bits per heavy atom. The van der Waals surface area contributed by atoms with Crippen LogP contribution in [-0.4, -0.2) is 28.2 Å². The topological polar surface area (TPSA) is 81.4 Å². The van der Waals surface area contributed by atoms with Gasteiger partial charge in [0, 0.05) is 30.8 Å². The van der Waals surface area contributed by atoms with Gasteiger partial charge in [0.2, 0.25) is 10.0 Å². The smallest absolute Gasteiger partial charge is 0.250 e. The molecular formula is C11H18N2O3S2. The minimum absolute atomic E-state index is 0.0197. The summed E-state index contributed by atoms with van der Waals surface area (Å²) in [6.07, 6.45) is 1.75. The molecule has 1 fully saturated rings. The van der Waals surface area contributed by atoms with Gasteiger partial charge in [-0.25, -0.2) is 13.1 Å². The monoisotopic (exact) mass is 290 g/mol. The lowest BCUT2D eigenvalue weighted by atomic mass is 9.83. The maximum absolute atomic E-state index is 12.0. The third-order valence-electron chi connectivity index (χ3n) is 3.25. The van der Waals surface area contributed by atoms with E-state index >= 15 is 0 Å². The van der Waals surface area contributed by atoms with Crippen molar-refractivity contribution in [2.45, 2.75) is 24.0 Å². The van der Waals surface area contributed by atoms with Gasteiger partial charge >= 0.3 is 0 Å². The van der Waals surface area contributed by atoms with Crippen molar-refractivity contribution in [1.29, 1.82) is 0 Å². The normalized spacial score (nSPS) is 19.8. The predicted octanol–water partition coefficient (Wildman–Crippen LogP) is 1.43. The lowest BCUT2D eigenvalue weighted by Crippen LogP contribution is -2.39. The molecule has 0 amide bonds. The van der Waals surface area contributed by atoms with E-state index in [1.807, 2.05) is 0 Å². The average Bonchev–Trinajstić information content (AvgIpc) is 2.76. The van der Waals surface area contributed by atoms with Crippen molar-refractivity contribution < 1.29 is 13.2 Å². The second kappa shape index (κ2) is 5.16. The Hall–Kier alpha value is -0.630. The van der Waals surface area contributed by atoms with E-state index in [-0.39, 0.29) is 9.62 Å². The molecule has 0 atom stereocenters. The van der Waals surface area contributed by atoms with Crippen LogP contribution in [0.25, 0.3) is 0 Å². The number of hydrogen-bond acceptors (Lipinski definition) is 5. The lowest BCUT2D eigenvalue weighted by molar-refractivity contribution is 0.0265. The summed E-state index contributed by atoms with van der Waals surface area (Å²) in [4.78, 5) is 0. The summed E-state index contributed by atoms with van der Waals surface area (Å²) in [5.74, 6) is 0. The first kappa shape index (κ1) is 13.8. The zero-order valence-electron chi connectivity index (χ0n) is 10.3. The molecule has 18 heavy (non-hydrogen) atoms. The summed E-state index contributed by atoms with van der Waals surface area (Å²) < 4.78 is 32.3. The van der Waals surface area contributed by atoms with E-state index in [4.69, 9.17) is 10.5 Å². The van der Waals surface area contributed by atoms with E-state index in [9.17, 15) is 8.42 Å². The Kier molecular flexibility index (Phi) is 3.96. The molecule has 0 spiro atoms. The number of sulfonamides is 1. The summed E-state index contributed by atoms with van der Waals surface area (Å²) in [5, 5.41) is 1.63. The van der Waals surface area contributed by atoms with E-state index in [0.29, 0.717) is 25.4 Å². The van der Waals surface area contributed by atoms with E-state index in [0.717, 1.165) is 24.2 Å². The van der Waals surface area contributed by atoms with Crippen molar-refractivity contribution in [3.05, 3.63) is 11.4 Å². The molecule has 1 aliphatic heterocycles. The molecule has 0 unspecified atom stereocenters. The largest absolute Gasteiger partial charge is 0.398 e. The van der Waals surface area contributed by atoms with Crippen LogP contribution in [0, 0.1) is 5.41 Å². The van der Waals surface area contributed by atoms with Gasteiger partial charge in [-0.1, -0.05) is 6.92 Å². The number of anilines is 1. The fourth-order valence-corrected chi connectivity index (χ4v) is 4.18. The van der Waals surface area contributed by atoms with Gasteiger partial charge in [0.25, 0.3) is 0 Å². The molecule has 0 radical (unpaired) electrons. The van der Waals surface area contributed by atoms with E-state index in [2.05, 4.69) is 11.6 Å². The van der Waals surface area contributed by atoms with Crippen LogP contribution in [-0.2, 0) is 14.8 Å². The van der Waals surface area contributed by atoms with Crippen molar-refractivity contribution >= 4 is 27.0 Å². The van der Waals surface area contributed by atoms with Gasteiger partial charge < -0.3 is 10.5 Å². The van der Waals surface area contributed by atoms with Crippen LogP contribution in [0.2, 0.25) is 0 Å². The van der Waals surface area contributed by atoms with E-state index in [1.165, 1.54) is 6.07 Å². The molecule has 7 heteroatoms. The second-order valence-corrected chi connectivity index (χ2v) is 7.85. The molecule has 0 saturated carbocycles. The standard InChI is InChI=1S/C11H18N2O3S2/c1-11(2-4-16-5-3-11)8-13-18(14,15)10-6-9(12)7-17-10/h6-7,13H,2-5,8,12H2,1H3. The minimum Gasteiger partial charge on any atom is -0.398 e. The minimum atomic E-state index is -3.43. The quantitative estimate of drug-likeness (QED) is 0.879. The maximum atomic E-state index is 12.0. The lowest BCUT2D eigenvalue weighted by Gasteiger charge is -2.33. The van der Waals surface area contributed by atoms with Gasteiger partial charge in [0.1, 0.15) is 4.21 Å². The highest BCUT2D eigenvalue weighted by Crippen LogP contribution is 2.29. The van der Waals surface area contributed by atoms with Crippen LogP contribution < -0.4 is 10.5 Å². The molecule has 1 aromatic heterocycles. The molecular weight excluding hydrogens is 272 g/mol. The Morgan fingerprint density at radius 2 is 2.17 bits per heavy atom. The van der Waals surface area contributed by atoms with Crippen LogP contribution in [0.3, 0.4) is 0 Å². The molecule has 1 aromatic rings. The highest BCUT2D eigenvalue weighted by atomic mass is 32.2. The highest BCUT2D eigenvalue weighted by Gasteiger charge is 2.29. The molecule has 2 heterocycles. The Morgan fingerprint density at radius 3 is 2.72 bits per heavy atom. The number of thiophene rings is 1. The van der Waals surface area contributed by atoms with Gasteiger partial charge in [-0.2, -0.15) is 0 Å². The van der Waals surface area contributed by atoms with Gasteiger partial charge in [0.15, 0.2) is 0 Å². The molecule has 0 aliphatic carbocycles. The van der Waals surface area contributed by atoms with Gasteiger partial charge in [-0.15, -0.1) is 11.3 Å². The average molecular weight is 290 g/mol. The summed E-state index contributed by atoms with van der Waals surface area (Å²) in [5.41, 5.74) is 6.01. The SMILES string of the molecule is CC1(CNS(=O)(=O)c2cc(N)cs2)CCOCC1. The number of hydrogen-bond donors (Lipinski definition) is 2. The first-order chi connectivity index (χ1) is 8.41. The molecule has 102 valence electrons. The summed E-state index contributed by atoms with van der Waals surface area (Å²) >= 11 is 1.14. The first-order valence-corrected chi connectivity index (χ1v) is 8.19. The zero-order chi connectivity index (χ0) is 13.2. The first-order valence-electron chi connectivity index (χ1n) is 5.83. The van der Waals surface area contributed by atoms with Crippen molar-refractivity contribution in [3.63, 3.8) is 0 Å². The number of ether oxygens (including phenoxy) is 1. The molecule has 3 N–H and O–H groups in total. The summed E-state index contributed by atoms with van der Waals surface area (Å²) in [6.45, 7) is 3.92. The summed E-state index contributed by atoms with van der Waals surface area (Å²) in [6, 6.07) is 1.49. The van der Waals surface area contributed by atoms with Crippen molar-refractivity contribution in [2.24, 2.45) is 5.41 Å². The van der Waals surface area contributed by atoms with Gasteiger partial charge in [-0.3, -0.25) is 0 Å². The van der Waals surface area contributed by atoms with Gasteiger partial charge in [-0.05, 0) is 24.3 Å². The molecule has 2 rings (SSSR count). The third-order valence-corrected chi connectivity index (χ3v) is 6.11. The van der Waals surface area contributed by atoms with Crippen LogP contribution in [0.15, 0.2) is 15.7 Å². The molecule has 1 saturated heterocycles. The van der Waals surface area contributed by atoms with Crippen molar-refractivity contribution in [1.82, 2.24) is 4.72 Å². The maximum Gasteiger partial charge on any atom is 0.250 e. The fourth-order valence-electron chi connectivity index (χ4n) is 1.85. The number of rotatable bonds is 4. The Balaban J connectivity index is 2.01. The van der Waals surface area contributed by atoms with Gasteiger partial charge in [0.05, 0.1) is 0 Å². The van der Waals surface area contributed by atoms with Crippen molar-refractivity contribution in [3.8, 4) is 0 Å². The van der Waals surface area contributed by atoms with E-state index < -0.39 is 10.0 Å². The van der Waals surface area contributed by atoms with Crippen LogP contribution in [0.5, 0.6) is 0 Å². The van der Waals surface area contributed by atoms with Crippen LogP contribution in [0.4, 0.5) is 5.69 Å². The van der Waals surface area contributed by atoms with Crippen molar-refractivity contribution in [2.75, 3.05) is 25.5 Å². The molecule has 5 nitrogen and oxygen atoms in total. The zero-order valence-corrected chi connectivity index (χ0v) is 11.9. The fraction of sp³-hybridized carbons (Fsp3) is 0.636. The predicted molar refractivity (Wildman–Crippen MR) is 72.1 cm³/mol. The van der Waals surface area contributed by atoms with E-state index in [1.54, 1.807) is 5.38 Å². The molecule has 1 aliphatic rings. The Labute approximate surface area is 111 Å². The molecule has 0 bridgehead atoms. The van der Waals surface area contributed by atoms with Crippen LogP contribution in [0.1, 0.15) is 19.8 Å². The third kappa shape index (κ3) is 3.23. The molecule has 0 aromatic carbocycles. The van der Waals surface area contributed by atoms with Crippen LogP contribution >= 0.6 is 11.3 Å².